The third-order valence-corrected chi connectivity index (χ3v) is 5.86. The number of hydrogen-bond donors (Lipinski definition) is 1. The minimum Gasteiger partial charge on any atom is -0.313 e. The molecular formula is C14H20N2. The molecule has 0 spiro atoms. The highest BCUT2D eigenvalue weighted by Gasteiger charge is 2.65. The molecule has 86 valence electrons. The van der Waals surface area contributed by atoms with E-state index in [0.29, 0.717) is 5.41 Å². The molecule has 4 atom stereocenters. The van der Waals surface area contributed by atoms with Gasteiger partial charge >= 0.3 is 0 Å². The maximum Gasteiger partial charge on any atom is 0.0628 e. The lowest BCUT2D eigenvalue weighted by Gasteiger charge is -2.15. The highest BCUT2D eigenvalue weighted by atomic mass is 15.0. The van der Waals surface area contributed by atoms with E-state index in [9.17, 15) is 0 Å². The lowest BCUT2D eigenvalue weighted by Crippen LogP contribution is -2.29. The average molecular weight is 216 g/mol. The third kappa shape index (κ3) is 1.21. The van der Waals surface area contributed by atoms with Gasteiger partial charge in [0.1, 0.15) is 0 Å². The van der Waals surface area contributed by atoms with Crippen LogP contribution in [-0.4, -0.2) is 12.6 Å². The molecule has 0 aromatic carbocycles. The molecule has 16 heavy (non-hydrogen) atoms. The number of rotatable bonds is 4. The fourth-order valence-electron chi connectivity index (χ4n) is 4.69. The average Bonchev–Trinajstić information content (AvgIpc) is 3.13. The Morgan fingerprint density at radius 2 is 1.88 bits per heavy atom. The van der Waals surface area contributed by atoms with Gasteiger partial charge in [-0.25, -0.2) is 0 Å². The van der Waals surface area contributed by atoms with Crippen molar-refractivity contribution in [2.75, 3.05) is 6.54 Å². The van der Waals surface area contributed by atoms with Crippen LogP contribution in [0.4, 0.5) is 0 Å². The number of nitriles is 1. The summed E-state index contributed by atoms with van der Waals surface area (Å²) in [5.41, 5.74) is 0.394. The van der Waals surface area contributed by atoms with Gasteiger partial charge in [0.25, 0.3) is 0 Å². The van der Waals surface area contributed by atoms with E-state index in [1.54, 1.807) is 0 Å². The second-order valence-electron chi connectivity index (χ2n) is 6.73. The topological polar surface area (TPSA) is 35.8 Å². The first-order chi connectivity index (χ1) is 7.83. The Hall–Kier alpha value is -0.550. The summed E-state index contributed by atoms with van der Waals surface area (Å²) >= 11 is 0. The van der Waals surface area contributed by atoms with Gasteiger partial charge < -0.3 is 5.32 Å². The molecule has 0 saturated heterocycles. The molecule has 2 nitrogen and oxygen atoms in total. The molecule has 4 unspecified atom stereocenters. The number of fused-ring (bicyclic) bond motifs is 5. The maximum atomic E-state index is 8.80. The first kappa shape index (κ1) is 9.48. The number of nitrogens with one attached hydrogen (secondary N) is 1. The predicted octanol–water partition coefficient (Wildman–Crippen LogP) is 2.31. The standard InChI is InChI=1S/C14H20N2/c15-6-5-14(3-4-14)8-16-13-11-9-1-2-10(7-9)12(11)13/h9-13,16H,1-5,7-8H2. The van der Waals surface area contributed by atoms with Gasteiger partial charge in [-0.3, -0.25) is 0 Å². The van der Waals surface area contributed by atoms with E-state index in [-0.39, 0.29) is 0 Å². The van der Waals surface area contributed by atoms with Crippen LogP contribution in [-0.2, 0) is 0 Å². The zero-order valence-electron chi connectivity index (χ0n) is 9.78. The van der Waals surface area contributed by atoms with E-state index in [1.165, 1.54) is 32.1 Å². The molecule has 0 aliphatic heterocycles. The molecular weight excluding hydrogens is 196 g/mol. The van der Waals surface area contributed by atoms with Crippen LogP contribution in [0.15, 0.2) is 0 Å². The van der Waals surface area contributed by atoms with Gasteiger partial charge in [-0.05, 0) is 61.2 Å². The summed E-state index contributed by atoms with van der Waals surface area (Å²) in [6, 6.07) is 3.20. The van der Waals surface area contributed by atoms with Crippen molar-refractivity contribution < 1.29 is 0 Å². The Bertz CT molecular complexity index is 336. The summed E-state index contributed by atoms with van der Waals surface area (Å²) < 4.78 is 0. The summed E-state index contributed by atoms with van der Waals surface area (Å²) in [6.07, 6.45) is 7.89. The lowest BCUT2D eigenvalue weighted by atomic mass is 10.0. The summed E-state index contributed by atoms with van der Waals surface area (Å²) in [5, 5.41) is 12.6. The normalized spacial score (nSPS) is 49.8. The summed E-state index contributed by atoms with van der Waals surface area (Å²) in [5.74, 6) is 4.21. The van der Waals surface area contributed by atoms with E-state index in [2.05, 4.69) is 11.4 Å². The molecule has 4 aliphatic rings. The Balaban J connectivity index is 1.33. The van der Waals surface area contributed by atoms with E-state index in [4.69, 9.17) is 5.26 Å². The third-order valence-electron chi connectivity index (χ3n) is 5.86. The maximum absolute atomic E-state index is 8.80. The van der Waals surface area contributed by atoms with Crippen LogP contribution in [0.3, 0.4) is 0 Å². The molecule has 0 heterocycles. The molecule has 1 N–H and O–H groups in total. The Morgan fingerprint density at radius 1 is 1.19 bits per heavy atom. The van der Waals surface area contributed by atoms with E-state index >= 15 is 0 Å². The highest BCUT2D eigenvalue weighted by molar-refractivity contribution is 5.17. The van der Waals surface area contributed by atoms with E-state index < -0.39 is 0 Å². The smallest absolute Gasteiger partial charge is 0.0628 e. The van der Waals surface area contributed by atoms with Gasteiger partial charge in [0.2, 0.25) is 0 Å². The predicted molar refractivity (Wildman–Crippen MR) is 61.5 cm³/mol. The van der Waals surface area contributed by atoms with Gasteiger partial charge in [-0.15, -0.1) is 0 Å². The van der Waals surface area contributed by atoms with Gasteiger partial charge in [-0.2, -0.15) is 5.26 Å². The van der Waals surface area contributed by atoms with Gasteiger partial charge in [0.15, 0.2) is 0 Å². The largest absolute Gasteiger partial charge is 0.313 e. The second-order valence-corrected chi connectivity index (χ2v) is 6.73. The second kappa shape index (κ2) is 3.01. The first-order valence-electron chi connectivity index (χ1n) is 6.93. The van der Waals surface area contributed by atoms with Crippen LogP contribution in [0.1, 0.15) is 38.5 Å². The van der Waals surface area contributed by atoms with Crippen molar-refractivity contribution in [1.82, 2.24) is 5.32 Å². The fourth-order valence-corrected chi connectivity index (χ4v) is 4.69. The van der Waals surface area contributed by atoms with Crippen molar-refractivity contribution in [2.24, 2.45) is 29.1 Å². The molecule has 4 rings (SSSR count). The quantitative estimate of drug-likeness (QED) is 0.782. The monoisotopic (exact) mass is 216 g/mol. The van der Waals surface area contributed by atoms with Gasteiger partial charge in [0.05, 0.1) is 6.07 Å². The van der Waals surface area contributed by atoms with Crippen LogP contribution >= 0.6 is 0 Å². The van der Waals surface area contributed by atoms with E-state index in [1.807, 2.05) is 0 Å². The molecule has 4 fully saturated rings. The Morgan fingerprint density at radius 3 is 2.44 bits per heavy atom. The van der Waals surface area contributed by atoms with Crippen LogP contribution in [0.2, 0.25) is 0 Å². The molecule has 0 aromatic rings. The molecule has 2 heteroatoms. The Kier molecular flexibility index (Phi) is 1.79. The van der Waals surface area contributed by atoms with Crippen molar-refractivity contribution in [3.63, 3.8) is 0 Å². The fraction of sp³-hybridized carbons (Fsp3) is 0.929. The summed E-state index contributed by atoms with van der Waals surface area (Å²) in [6.45, 7) is 1.12. The van der Waals surface area contributed by atoms with Crippen LogP contribution in [0.25, 0.3) is 0 Å². The van der Waals surface area contributed by atoms with Gasteiger partial charge in [0, 0.05) is 19.0 Å². The SMILES string of the molecule is N#CCC1(CNC2C3C4CCC(C4)C23)CC1. The minimum atomic E-state index is 0.394. The first-order valence-corrected chi connectivity index (χ1v) is 6.93. The molecule has 0 amide bonds. The Labute approximate surface area is 97.4 Å². The highest BCUT2D eigenvalue weighted by Crippen LogP contribution is 2.65. The van der Waals surface area contributed by atoms with Crippen molar-refractivity contribution in [2.45, 2.75) is 44.6 Å². The zero-order valence-corrected chi connectivity index (χ0v) is 9.78. The zero-order chi connectivity index (χ0) is 10.8. The lowest BCUT2D eigenvalue weighted by molar-refractivity contribution is 0.408. The molecule has 0 radical (unpaired) electrons. The molecule has 4 saturated carbocycles. The molecule has 2 bridgehead atoms. The minimum absolute atomic E-state index is 0.394. The van der Waals surface area contributed by atoms with E-state index in [0.717, 1.165) is 42.7 Å². The summed E-state index contributed by atoms with van der Waals surface area (Å²) in [7, 11) is 0. The molecule has 4 aliphatic carbocycles. The van der Waals surface area contributed by atoms with Crippen LogP contribution in [0, 0.1) is 40.4 Å². The van der Waals surface area contributed by atoms with Crippen molar-refractivity contribution in [3.8, 4) is 6.07 Å². The van der Waals surface area contributed by atoms with Crippen LogP contribution < -0.4 is 5.32 Å². The van der Waals surface area contributed by atoms with Crippen molar-refractivity contribution in [3.05, 3.63) is 0 Å². The van der Waals surface area contributed by atoms with Crippen molar-refractivity contribution in [1.29, 1.82) is 5.26 Å². The van der Waals surface area contributed by atoms with Crippen LogP contribution in [0.5, 0.6) is 0 Å². The molecule has 0 aromatic heterocycles. The number of hydrogen-bond acceptors (Lipinski definition) is 2. The summed E-state index contributed by atoms with van der Waals surface area (Å²) in [4.78, 5) is 0. The van der Waals surface area contributed by atoms with Gasteiger partial charge in [-0.1, -0.05) is 0 Å². The van der Waals surface area contributed by atoms with Crippen molar-refractivity contribution >= 4 is 0 Å². The number of nitrogens with zero attached hydrogens (tertiary/aromatic N) is 1.